The molecule has 0 aliphatic rings. The van der Waals surface area contributed by atoms with Crippen LogP contribution in [0.15, 0.2) is 55.0 Å². The van der Waals surface area contributed by atoms with E-state index in [1.54, 1.807) is 0 Å². The molecule has 4 rings (SSSR count). The molecule has 0 amide bonds. The van der Waals surface area contributed by atoms with Crippen molar-refractivity contribution in [1.29, 1.82) is 0 Å². The summed E-state index contributed by atoms with van der Waals surface area (Å²) in [6, 6.07) is 13.5. The van der Waals surface area contributed by atoms with E-state index >= 15 is 0 Å². The molecule has 4 aromatic rings. The fourth-order valence-corrected chi connectivity index (χ4v) is 3.04. The van der Waals surface area contributed by atoms with Crippen LogP contribution in [0.3, 0.4) is 0 Å². The maximum Gasteiger partial charge on any atom is 0.406 e. The van der Waals surface area contributed by atoms with Crippen molar-refractivity contribution in [1.82, 2.24) is 14.5 Å². The number of nitrogens with zero attached hydrogens (tertiary/aromatic N) is 3. The molecule has 0 spiro atoms. The summed E-state index contributed by atoms with van der Waals surface area (Å²) in [4.78, 5) is 7.94. The van der Waals surface area contributed by atoms with Crippen LogP contribution in [0.1, 0.15) is 0 Å². The number of aromatic nitrogens is 3. The van der Waals surface area contributed by atoms with Crippen LogP contribution >= 0.6 is 0 Å². The summed E-state index contributed by atoms with van der Waals surface area (Å²) in [5.41, 5.74) is 7.47. The first-order chi connectivity index (χ1) is 11.9. The van der Waals surface area contributed by atoms with Crippen LogP contribution in [0.25, 0.3) is 32.9 Å². The Kier molecular flexibility index (Phi) is 3.38. The second-order valence-electron chi connectivity index (χ2n) is 5.81. The molecule has 0 atom stereocenters. The van der Waals surface area contributed by atoms with Crippen molar-refractivity contribution in [3.05, 3.63) is 55.0 Å². The monoisotopic (exact) mass is 342 g/mol. The van der Waals surface area contributed by atoms with Crippen molar-refractivity contribution >= 4 is 27.6 Å². The minimum atomic E-state index is -4.35. The highest BCUT2D eigenvalue weighted by Crippen LogP contribution is 2.35. The first-order valence-electron chi connectivity index (χ1n) is 7.57. The van der Waals surface area contributed by atoms with E-state index in [0.29, 0.717) is 10.9 Å². The van der Waals surface area contributed by atoms with Gasteiger partial charge in [-0.15, -0.1) is 0 Å². The number of rotatable bonds is 2. The van der Waals surface area contributed by atoms with E-state index in [0.717, 1.165) is 20.9 Å². The zero-order valence-corrected chi connectivity index (χ0v) is 13.0. The molecule has 0 aliphatic heterocycles. The average molecular weight is 342 g/mol. The quantitative estimate of drug-likeness (QED) is 0.587. The number of hydrogen-bond acceptors (Lipinski definition) is 3. The van der Waals surface area contributed by atoms with Crippen LogP contribution in [0.5, 0.6) is 0 Å². The summed E-state index contributed by atoms with van der Waals surface area (Å²) in [5, 5.41) is 2.48. The summed E-state index contributed by atoms with van der Waals surface area (Å²) in [6.07, 6.45) is -1.74. The van der Waals surface area contributed by atoms with Crippen molar-refractivity contribution in [2.24, 2.45) is 0 Å². The number of fused-ring (bicyclic) bond motifs is 2. The Labute approximate surface area is 140 Å². The molecule has 2 heterocycles. The van der Waals surface area contributed by atoms with Crippen molar-refractivity contribution in [2.45, 2.75) is 12.7 Å². The van der Waals surface area contributed by atoms with Crippen LogP contribution < -0.4 is 5.73 Å². The highest BCUT2D eigenvalue weighted by Gasteiger charge is 2.30. The minimum Gasteiger partial charge on any atom is -0.383 e. The summed E-state index contributed by atoms with van der Waals surface area (Å²) >= 11 is 0. The largest absolute Gasteiger partial charge is 0.406 e. The Balaban J connectivity index is 1.96. The molecule has 0 radical (unpaired) electrons. The van der Waals surface area contributed by atoms with E-state index < -0.39 is 12.7 Å². The van der Waals surface area contributed by atoms with E-state index in [9.17, 15) is 13.2 Å². The van der Waals surface area contributed by atoms with Gasteiger partial charge in [-0.3, -0.25) is 0 Å². The predicted molar refractivity (Wildman–Crippen MR) is 90.9 cm³/mol. The highest BCUT2D eigenvalue weighted by molar-refractivity contribution is 6.02. The fraction of sp³-hybridized carbons (Fsp3) is 0.111. The molecular formula is C18H13F3N4. The second kappa shape index (κ2) is 5.47. The van der Waals surface area contributed by atoms with E-state index in [-0.39, 0.29) is 11.5 Å². The zero-order valence-electron chi connectivity index (χ0n) is 13.0. The minimum absolute atomic E-state index is 0.161. The first kappa shape index (κ1) is 15.4. The Morgan fingerprint density at radius 3 is 2.52 bits per heavy atom. The van der Waals surface area contributed by atoms with E-state index in [4.69, 9.17) is 5.73 Å². The molecule has 0 saturated carbocycles. The van der Waals surface area contributed by atoms with Gasteiger partial charge in [-0.1, -0.05) is 36.4 Å². The lowest BCUT2D eigenvalue weighted by molar-refractivity contribution is -0.139. The average Bonchev–Trinajstić information content (AvgIpc) is 2.93. The van der Waals surface area contributed by atoms with Crippen LogP contribution in [-0.4, -0.2) is 20.7 Å². The van der Waals surface area contributed by atoms with Gasteiger partial charge in [-0.2, -0.15) is 13.2 Å². The second-order valence-corrected chi connectivity index (χ2v) is 5.81. The lowest BCUT2D eigenvalue weighted by atomic mass is 10.0. The third kappa shape index (κ3) is 2.77. The van der Waals surface area contributed by atoms with Crippen LogP contribution in [0, 0.1) is 0 Å². The lowest BCUT2D eigenvalue weighted by Crippen LogP contribution is -2.17. The Bertz CT molecular complexity index is 1080. The third-order valence-corrected chi connectivity index (χ3v) is 4.09. The predicted octanol–water partition coefficient (Wildman–Crippen LogP) is 4.40. The Hall–Kier alpha value is -3.09. The van der Waals surface area contributed by atoms with E-state index in [1.165, 1.54) is 12.5 Å². The van der Waals surface area contributed by atoms with Gasteiger partial charge in [0.2, 0.25) is 0 Å². The van der Waals surface area contributed by atoms with Crippen molar-refractivity contribution in [2.75, 3.05) is 5.73 Å². The van der Waals surface area contributed by atoms with Crippen molar-refractivity contribution in [3.8, 4) is 11.1 Å². The van der Waals surface area contributed by atoms with Gasteiger partial charge in [0.15, 0.2) is 0 Å². The van der Waals surface area contributed by atoms with E-state index in [2.05, 4.69) is 9.97 Å². The number of benzene rings is 2. The number of nitrogen functional groups attached to an aromatic ring is 1. The molecule has 7 heteroatoms. The van der Waals surface area contributed by atoms with Gasteiger partial charge in [-0.25, -0.2) is 9.97 Å². The summed E-state index contributed by atoms with van der Waals surface area (Å²) in [5.74, 6) is 0.161. The summed E-state index contributed by atoms with van der Waals surface area (Å²) in [6.45, 7) is -1.13. The number of halogens is 3. The topological polar surface area (TPSA) is 56.7 Å². The number of alkyl halides is 3. The maximum absolute atomic E-state index is 12.9. The van der Waals surface area contributed by atoms with Gasteiger partial charge in [-0.05, 0) is 22.4 Å². The Morgan fingerprint density at radius 2 is 1.76 bits per heavy atom. The van der Waals surface area contributed by atoms with Gasteiger partial charge in [0.1, 0.15) is 24.3 Å². The Morgan fingerprint density at radius 1 is 1.00 bits per heavy atom. The van der Waals surface area contributed by atoms with Crippen molar-refractivity contribution < 1.29 is 13.2 Å². The smallest absolute Gasteiger partial charge is 0.383 e. The third-order valence-electron chi connectivity index (χ3n) is 4.09. The summed E-state index contributed by atoms with van der Waals surface area (Å²) in [7, 11) is 0. The fourth-order valence-electron chi connectivity index (χ4n) is 3.04. The molecule has 2 N–H and O–H groups in total. The molecule has 0 fully saturated rings. The molecule has 0 aliphatic carbocycles. The zero-order chi connectivity index (χ0) is 17.6. The normalized spacial score (nSPS) is 12.1. The first-order valence-corrected chi connectivity index (χ1v) is 7.57. The van der Waals surface area contributed by atoms with Crippen LogP contribution in [-0.2, 0) is 6.54 Å². The SMILES string of the molecule is Nc1ncnc2c1c(-c1ccc3ccccc3c1)cn2CC(F)(F)F. The molecule has 126 valence electrons. The lowest BCUT2D eigenvalue weighted by Gasteiger charge is -2.08. The van der Waals surface area contributed by atoms with Gasteiger partial charge >= 0.3 is 6.18 Å². The van der Waals surface area contributed by atoms with Crippen LogP contribution in [0.2, 0.25) is 0 Å². The van der Waals surface area contributed by atoms with Gasteiger partial charge in [0, 0.05) is 11.8 Å². The molecule has 0 bridgehead atoms. The molecule has 25 heavy (non-hydrogen) atoms. The number of nitrogens with two attached hydrogens (primary N) is 1. The number of hydrogen-bond donors (Lipinski definition) is 1. The molecule has 4 nitrogen and oxygen atoms in total. The van der Waals surface area contributed by atoms with Gasteiger partial charge < -0.3 is 10.3 Å². The maximum atomic E-state index is 12.9. The molecule has 2 aromatic heterocycles. The molecule has 0 saturated heterocycles. The molecular weight excluding hydrogens is 329 g/mol. The highest BCUT2D eigenvalue weighted by atomic mass is 19.4. The van der Waals surface area contributed by atoms with Gasteiger partial charge in [0.25, 0.3) is 0 Å². The molecule has 2 aromatic carbocycles. The van der Waals surface area contributed by atoms with Crippen LogP contribution in [0.4, 0.5) is 19.0 Å². The van der Waals surface area contributed by atoms with Crippen molar-refractivity contribution in [3.63, 3.8) is 0 Å². The van der Waals surface area contributed by atoms with Gasteiger partial charge in [0.05, 0.1) is 5.39 Å². The standard InChI is InChI=1S/C18H13F3N4/c19-18(20,21)9-25-8-14(15-16(22)23-10-24-17(15)25)13-6-5-11-3-1-2-4-12(11)7-13/h1-8,10H,9H2,(H2,22,23,24). The number of anilines is 1. The van der Waals surface area contributed by atoms with E-state index in [1.807, 2.05) is 42.5 Å². The summed E-state index contributed by atoms with van der Waals surface area (Å²) < 4.78 is 39.8. The molecule has 0 unspecified atom stereocenters.